The molecule has 2 atom stereocenters. The van der Waals surface area contributed by atoms with Gasteiger partial charge in [0, 0.05) is 101 Å². The van der Waals surface area contributed by atoms with E-state index in [2.05, 4.69) is 69.3 Å². The maximum Gasteiger partial charge on any atom is 0.329 e. The van der Waals surface area contributed by atoms with Crippen LogP contribution in [-0.2, 0) is 27.8 Å². The van der Waals surface area contributed by atoms with Gasteiger partial charge in [-0.2, -0.15) is 4.98 Å². The van der Waals surface area contributed by atoms with E-state index in [9.17, 15) is 19.5 Å². The van der Waals surface area contributed by atoms with Gasteiger partial charge >= 0.3 is 5.69 Å². The maximum absolute atomic E-state index is 13.1. The number of nitrogens with one attached hydrogen (secondary N) is 2. The van der Waals surface area contributed by atoms with Crippen molar-refractivity contribution in [2.45, 2.75) is 109 Å². The molecule has 5 heterocycles. The van der Waals surface area contributed by atoms with E-state index in [0.29, 0.717) is 36.6 Å². The van der Waals surface area contributed by atoms with Gasteiger partial charge in [0.1, 0.15) is 11.7 Å². The highest BCUT2D eigenvalue weighted by atomic mass is 16.5. The lowest BCUT2D eigenvalue weighted by atomic mass is 9.93. The molecule has 3 fully saturated rings. The van der Waals surface area contributed by atoms with E-state index in [1.54, 1.807) is 11.6 Å². The Hall–Kier alpha value is -4.89. The number of hydrogen-bond donors (Lipinski definition) is 3. The first-order chi connectivity index (χ1) is 29.7. The van der Waals surface area contributed by atoms with Gasteiger partial charge < -0.3 is 24.6 Å². The summed E-state index contributed by atoms with van der Waals surface area (Å²) in [5.74, 6) is -0.0324. The van der Waals surface area contributed by atoms with Crippen LogP contribution in [0.4, 0.5) is 5.95 Å². The first-order valence-corrected chi connectivity index (χ1v) is 22.7. The van der Waals surface area contributed by atoms with Crippen molar-refractivity contribution in [1.29, 1.82) is 0 Å². The van der Waals surface area contributed by atoms with E-state index in [1.165, 1.54) is 15.7 Å². The van der Waals surface area contributed by atoms with Crippen LogP contribution < -0.4 is 16.3 Å². The summed E-state index contributed by atoms with van der Waals surface area (Å²) in [6, 6.07) is 15.0. The highest BCUT2D eigenvalue weighted by Crippen LogP contribution is 2.37. The Morgan fingerprint density at radius 3 is 2.46 bits per heavy atom. The summed E-state index contributed by atoms with van der Waals surface area (Å²) in [6.07, 6.45) is 13.1. The van der Waals surface area contributed by atoms with Crippen molar-refractivity contribution < 1.29 is 19.4 Å². The number of ether oxygens (including phenoxy) is 1. The van der Waals surface area contributed by atoms with Crippen LogP contribution in [0, 0.1) is 0 Å². The van der Waals surface area contributed by atoms with Crippen molar-refractivity contribution in [3.05, 3.63) is 76.5 Å². The third-order valence-electron chi connectivity index (χ3n) is 13.3. The average molecular weight is 834 g/mol. The zero-order valence-corrected chi connectivity index (χ0v) is 36.2. The Bertz CT molecular complexity index is 2350. The number of aromatic nitrogens is 5. The molecule has 8 rings (SSSR count). The third-order valence-corrected chi connectivity index (χ3v) is 13.3. The predicted molar refractivity (Wildman–Crippen MR) is 239 cm³/mol. The quantitative estimate of drug-likeness (QED) is 0.0737. The molecule has 61 heavy (non-hydrogen) atoms. The van der Waals surface area contributed by atoms with Crippen molar-refractivity contribution in [3.63, 3.8) is 0 Å². The van der Waals surface area contributed by atoms with Gasteiger partial charge in [-0.15, -0.1) is 0 Å². The van der Waals surface area contributed by atoms with E-state index in [1.807, 2.05) is 24.4 Å². The van der Waals surface area contributed by atoms with Gasteiger partial charge in [-0.05, 0) is 93.5 Å². The Morgan fingerprint density at radius 1 is 0.934 bits per heavy atom. The SMILES string of the molecule is CCCCNc1ncc2c(-c3ccc([C@H](C)N4CCN(CCCOCCCc5ccc6c(c5)n(C)c(=O)n6C5CCC(=O)NC5=O)CC4)cc3)cn(C3CCC(O)CC3)c2n1. The van der Waals surface area contributed by atoms with E-state index in [4.69, 9.17) is 14.7 Å². The van der Waals surface area contributed by atoms with Crippen LogP contribution in [0.25, 0.3) is 33.2 Å². The van der Waals surface area contributed by atoms with Crippen molar-refractivity contribution in [1.82, 2.24) is 38.8 Å². The number of carbonyl (C=O) groups is 2. The van der Waals surface area contributed by atoms with Crippen molar-refractivity contribution >= 4 is 39.8 Å². The molecular formula is C47H63N9O5. The maximum atomic E-state index is 13.1. The second kappa shape index (κ2) is 19.4. The van der Waals surface area contributed by atoms with Crippen molar-refractivity contribution in [2.75, 3.05) is 57.8 Å². The van der Waals surface area contributed by atoms with Gasteiger partial charge in [0.25, 0.3) is 0 Å². The van der Waals surface area contributed by atoms with Crippen LogP contribution in [0.1, 0.15) is 107 Å². The number of amides is 2. The van der Waals surface area contributed by atoms with Gasteiger partial charge in [-0.25, -0.2) is 9.78 Å². The zero-order chi connectivity index (χ0) is 42.5. The summed E-state index contributed by atoms with van der Waals surface area (Å²) in [6.45, 7) is 12.0. The summed E-state index contributed by atoms with van der Waals surface area (Å²) in [5.41, 5.74) is 6.99. The minimum absolute atomic E-state index is 0.202. The molecule has 326 valence electrons. The molecule has 0 radical (unpaired) electrons. The molecule has 1 saturated carbocycles. The van der Waals surface area contributed by atoms with Crippen molar-refractivity contribution in [3.8, 4) is 11.1 Å². The number of benzene rings is 2. The molecule has 14 heteroatoms. The molecule has 0 spiro atoms. The third kappa shape index (κ3) is 9.62. The van der Waals surface area contributed by atoms with E-state index in [-0.39, 0.29) is 24.1 Å². The lowest BCUT2D eigenvalue weighted by Crippen LogP contribution is -2.47. The number of aliphatic hydroxyl groups is 1. The Kier molecular flexibility index (Phi) is 13.6. The summed E-state index contributed by atoms with van der Waals surface area (Å²) < 4.78 is 11.5. The van der Waals surface area contributed by atoms with Gasteiger partial charge in [0.05, 0.1) is 17.1 Å². The fourth-order valence-corrected chi connectivity index (χ4v) is 9.53. The number of nitrogens with zero attached hydrogens (tertiary/aromatic N) is 7. The number of piperazine rings is 1. The number of carbonyl (C=O) groups excluding carboxylic acids is 2. The largest absolute Gasteiger partial charge is 0.393 e. The van der Waals surface area contributed by atoms with Crippen LogP contribution in [0.5, 0.6) is 0 Å². The van der Waals surface area contributed by atoms with Gasteiger partial charge in [0.2, 0.25) is 17.8 Å². The number of hydrogen-bond acceptors (Lipinski definition) is 10. The van der Waals surface area contributed by atoms with Crippen molar-refractivity contribution in [2.24, 2.45) is 7.05 Å². The van der Waals surface area contributed by atoms with Crippen LogP contribution >= 0.6 is 0 Å². The number of piperidine rings is 1. The van der Waals surface area contributed by atoms with E-state index in [0.717, 1.165) is 131 Å². The van der Waals surface area contributed by atoms with E-state index >= 15 is 0 Å². The van der Waals surface area contributed by atoms with Gasteiger partial charge in [-0.3, -0.25) is 28.9 Å². The summed E-state index contributed by atoms with van der Waals surface area (Å²) in [5, 5.41) is 17.0. The normalized spacial score (nSPS) is 21.0. The highest BCUT2D eigenvalue weighted by Gasteiger charge is 2.31. The number of anilines is 1. The number of rotatable bonds is 17. The lowest BCUT2D eigenvalue weighted by Gasteiger charge is -2.38. The predicted octanol–water partition coefficient (Wildman–Crippen LogP) is 6.14. The Morgan fingerprint density at radius 2 is 1.70 bits per heavy atom. The summed E-state index contributed by atoms with van der Waals surface area (Å²) >= 11 is 0. The van der Waals surface area contributed by atoms with E-state index < -0.39 is 11.9 Å². The van der Waals surface area contributed by atoms with Crippen LogP contribution in [-0.4, -0.2) is 109 Å². The molecule has 3 aromatic heterocycles. The van der Waals surface area contributed by atoms with Crippen LogP contribution in [0.15, 0.2) is 59.7 Å². The first kappa shape index (κ1) is 42.8. The van der Waals surface area contributed by atoms with Gasteiger partial charge in [0.15, 0.2) is 0 Å². The molecule has 2 aromatic carbocycles. The number of aryl methyl sites for hydroxylation is 2. The zero-order valence-electron chi connectivity index (χ0n) is 36.2. The summed E-state index contributed by atoms with van der Waals surface area (Å²) in [4.78, 5) is 52.1. The van der Waals surface area contributed by atoms with Crippen LogP contribution in [0.3, 0.4) is 0 Å². The smallest absolute Gasteiger partial charge is 0.329 e. The molecule has 2 amide bonds. The minimum atomic E-state index is -0.676. The minimum Gasteiger partial charge on any atom is -0.393 e. The second-order valence-corrected chi connectivity index (χ2v) is 17.4. The number of fused-ring (bicyclic) bond motifs is 2. The number of imidazole rings is 1. The van der Waals surface area contributed by atoms with Gasteiger partial charge in [-0.1, -0.05) is 43.7 Å². The monoisotopic (exact) mass is 833 g/mol. The molecule has 1 aliphatic carbocycles. The number of aliphatic hydroxyl groups excluding tert-OH is 1. The number of imide groups is 1. The molecule has 14 nitrogen and oxygen atoms in total. The molecule has 5 aromatic rings. The van der Waals surface area contributed by atoms with Crippen LogP contribution in [0.2, 0.25) is 0 Å². The molecular weight excluding hydrogens is 771 g/mol. The second-order valence-electron chi connectivity index (χ2n) is 17.4. The average Bonchev–Trinajstić information content (AvgIpc) is 3.77. The molecule has 2 saturated heterocycles. The highest BCUT2D eigenvalue weighted by molar-refractivity contribution is 6.00. The molecule has 3 aliphatic rings. The lowest BCUT2D eigenvalue weighted by molar-refractivity contribution is -0.135. The Labute approximate surface area is 358 Å². The first-order valence-electron chi connectivity index (χ1n) is 22.7. The molecule has 0 bridgehead atoms. The molecule has 1 unspecified atom stereocenters. The fourth-order valence-electron chi connectivity index (χ4n) is 9.53. The topological polar surface area (TPSA) is 152 Å². The molecule has 2 aliphatic heterocycles. The number of unbranched alkanes of at least 4 members (excludes halogenated alkanes) is 1. The standard InChI is InChI=1S/C47H63N9O5/c1-4-5-21-48-46-49-30-38-39(31-55(44(38)51-46)36-14-16-37(57)17-15-36)35-12-10-34(11-13-35)32(2)54-25-23-53(24-26-54)22-7-28-61-27-6-8-33-9-18-40-42(29-33)52(3)47(60)56(40)41-19-20-43(58)50-45(41)59/h9-13,18,29-32,36-37,41,57H,4-8,14-17,19-28H2,1-3H3,(H,48,49,51)(H,50,58,59)/t32-,36?,37?,41?/m0/s1. The summed E-state index contributed by atoms with van der Waals surface area (Å²) in [7, 11) is 1.73. The molecule has 3 N–H and O–H groups in total. The Balaban J connectivity index is 0.781. The fraction of sp³-hybridized carbons (Fsp3) is 0.553.